The average molecular weight is 237 g/mol. The molecule has 0 aromatic carbocycles. The molecule has 94 valence electrons. The van der Waals surface area contributed by atoms with Crippen molar-refractivity contribution < 1.29 is 15.3 Å². The SMILES string of the molecule is C=Cc1ccnc(CCC(CO)(CO)CO)c1. The van der Waals surface area contributed by atoms with Crippen molar-refractivity contribution >= 4 is 6.08 Å². The number of nitrogens with zero attached hydrogens (tertiary/aromatic N) is 1. The van der Waals surface area contributed by atoms with Gasteiger partial charge in [0.25, 0.3) is 0 Å². The van der Waals surface area contributed by atoms with E-state index in [1.54, 1.807) is 12.3 Å². The number of aliphatic hydroxyl groups excluding tert-OH is 3. The van der Waals surface area contributed by atoms with E-state index in [9.17, 15) is 15.3 Å². The van der Waals surface area contributed by atoms with Crippen LogP contribution in [0.5, 0.6) is 0 Å². The summed E-state index contributed by atoms with van der Waals surface area (Å²) in [6, 6.07) is 3.76. The van der Waals surface area contributed by atoms with Gasteiger partial charge in [-0.15, -0.1) is 0 Å². The first-order chi connectivity index (χ1) is 8.19. The quantitative estimate of drug-likeness (QED) is 0.650. The van der Waals surface area contributed by atoms with E-state index < -0.39 is 5.41 Å². The fraction of sp³-hybridized carbons (Fsp3) is 0.462. The lowest BCUT2D eigenvalue weighted by Crippen LogP contribution is -2.34. The first-order valence-corrected chi connectivity index (χ1v) is 5.59. The second-order valence-corrected chi connectivity index (χ2v) is 4.26. The molecule has 0 spiro atoms. The van der Waals surface area contributed by atoms with Crippen molar-refractivity contribution in [2.24, 2.45) is 5.41 Å². The average Bonchev–Trinajstić information content (AvgIpc) is 2.41. The van der Waals surface area contributed by atoms with E-state index >= 15 is 0 Å². The van der Waals surface area contributed by atoms with Gasteiger partial charge in [0.1, 0.15) is 0 Å². The van der Waals surface area contributed by atoms with Crippen molar-refractivity contribution in [3.63, 3.8) is 0 Å². The van der Waals surface area contributed by atoms with Crippen LogP contribution in [0.25, 0.3) is 6.08 Å². The first-order valence-electron chi connectivity index (χ1n) is 5.59. The van der Waals surface area contributed by atoms with Crippen LogP contribution in [0.4, 0.5) is 0 Å². The molecule has 0 aliphatic carbocycles. The Balaban J connectivity index is 2.68. The topological polar surface area (TPSA) is 73.6 Å². The Morgan fingerprint density at radius 1 is 1.24 bits per heavy atom. The van der Waals surface area contributed by atoms with Gasteiger partial charge in [-0.3, -0.25) is 4.98 Å². The molecule has 1 aromatic heterocycles. The molecule has 17 heavy (non-hydrogen) atoms. The molecular weight excluding hydrogens is 218 g/mol. The Kier molecular flexibility index (Phi) is 5.28. The third kappa shape index (κ3) is 3.63. The van der Waals surface area contributed by atoms with E-state index in [1.165, 1.54) is 0 Å². The molecule has 0 aliphatic heterocycles. The highest BCUT2D eigenvalue weighted by atomic mass is 16.3. The van der Waals surface area contributed by atoms with Crippen LogP contribution in [-0.4, -0.2) is 40.1 Å². The molecule has 0 amide bonds. The van der Waals surface area contributed by atoms with Gasteiger partial charge in [-0.2, -0.15) is 0 Å². The van der Waals surface area contributed by atoms with E-state index in [0.717, 1.165) is 11.3 Å². The molecule has 0 unspecified atom stereocenters. The van der Waals surface area contributed by atoms with Gasteiger partial charge in [0.05, 0.1) is 19.8 Å². The minimum atomic E-state index is -0.828. The Labute approximate surface area is 101 Å². The van der Waals surface area contributed by atoms with Crippen LogP contribution in [0.1, 0.15) is 17.7 Å². The fourth-order valence-corrected chi connectivity index (χ4v) is 1.54. The summed E-state index contributed by atoms with van der Waals surface area (Å²) in [5.41, 5.74) is 1.02. The maximum Gasteiger partial charge on any atom is 0.0531 e. The molecule has 3 N–H and O–H groups in total. The number of aliphatic hydroxyl groups is 3. The minimum absolute atomic E-state index is 0.235. The van der Waals surface area contributed by atoms with E-state index in [0.29, 0.717) is 12.8 Å². The monoisotopic (exact) mass is 237 g/mol. The smallest absolute Gasteiger partial charge is 0.0531 e. The normalized spacial score (nSPS) is 11.5. The number of aromatic nitrogens is 1. The Hall–Kier alpha value is -1.23. The van der Waals surface area contributed by atoms with Gasteiger partial charge in [-0.1, -0.05) is 12.7 Å². The highest BCUT2D eigenvalue weighted by molar-refractivity contribution is 5.46. The van der Waals surface area contributed by atoms with Crippen molar-refractivity contribution in [1.29, 1.82) is 0 Å². The standard InChI is InChI=1S/C13H19NO3/c1-2-11-4-6-14-12(7-11)3-5-13(8-15,9-16)10-17/h2,4,6-7,15-17H,1,3,5,8-10H2. The molecule has 0 bridgehead atoms. The van der Waals surface area contributed by atoms with Gasteiger partial charge >= 0.3 is 0 Å². The zero-order valence-corrected chi connectivity index (χ0v) is 9.84. The van der Waals surface area contributed by atoms with E-state index in [2.05, 4.69) is 11.6 Å². The van der Waals surface area contributed by atoms with Crippen LogP contribution < -0.4 is 0 Å². The summed E-state index contributed by atoms with van der Waals surface area (Å²) < 4.78 is 0. The van der Waals surface area contributed by atoms with Gasteiger partial charge < -0.3 is 15.3 Å². The van der Waals surface area contributed by atoms with Crippen LogP contribution in [0, 0.1) is 5.41 Å². The van der Waals surface area contributed by atoms with Gasteiger partial charge in [-0.05, 0) is 30.5 Å². The van der Waals surface area contributed by atoms with E-state index in [-0.39, 0.29) is 19.8 Å². The zero-order chi connectivity index (χ0) is 12.7. The number of hydrogen-bond acceptors (Lipinski definition) is 4. The fourth-order valence-electron chi connectivity index (χ4n) is 1.54. The second kappa shape index (κ2) is 6.49. The van der Waals surface area contributed by atoms with Crippen LogP contribution in [0.3, 0.4) is 0 Å². The molecule has 1 rings (SSSR count). The Morgan fingerprint density at radius 2 is 1.88 bits per heavy atom. The predicted molar refractivity (Wildman–Crippen MR) is 66.3 cm³/mol. The van der Waals surface area contributed by atoms with E-state index in [1.807, 2.05) is 12.1 Å². The molecule has 4 nitrogen and oxygen atoms in total. The van der Waals surface area contributed by atoms with E-state index in [4.69, 9.17) is 0 Å². The van der Waals surface area contributed by atoms with Crippen LogP contribution >= 0.6 is 0 Å². The number of aryl methyl sites for hydroxylation is 1. The second-order valence-electron chi connectivity index (χ2n) is 4.26. The summed E-state index contributed by atoms with van der Waals surface area (Å²) in [5.74, 6) is 0. The summed E-state index contributed by atoms with van der Waals surface area (Å²) in [5, 5.41) is 27.6. The Morgan fingerprint density at radius 3 is 2.41 bits per heavy atom. The zero-order valence-electron chi connectivity index (χ0n) is 9.84. The number of rotatable bonds is 7. The van der Waals surface area contributed by atoms with Gasteiger partial charge in [-0.25, -0.2) is 0 Å². The summed E-state index contributed by atoms with van der Waals surface area (Å²) in [7, 11) is 0. The largest absolute Gasteiger partial charge is 0.396 e. The lowest BCUT2D eigenvalue weighted by Gasteiger charge is -2.26. The van der Waals surface area contributed by atoms with Crippen LogP contribution in [-0.2, 0) is 6.42 Å². The minimum Gasteiger partial charge on any atom is -0.396 e. The van der Waals surface area contributed by atoms with Crippen molar-refractivity contribution in [2.45, 2.75) is 12.8 Å². The lowest BCUT2D eigenvalue weighted by molar-refractivity contribution is -0.000419. The maximum atomic E-state index is 9.20. The van der Waals surface area contributed by atoms with Crippen molar-refractivity contribution in [3.8, 4) is 0 Å². The maximum absolute atomic E-state index is 9.20. The first kappa shape index (κ1) is 13.8. The van der Waals surface area contributed by atoms with Crippen LogP contribution in [0.2, 0.25) is 0 Å². The molecule has 0 radical (unpaired) electrons. The Bertz CT molecular complexity index is 353. The molecule has 1 heterocycles. The molecule has 0 aliphatic rings. The lowest BCUT2D eigenvalue weighted by atomic mass is 9.85. The van der Waals surface area contributed by atoms with Crippen molar-refractivity contribution in [2.75, 3.05) is 19.8 Å². The predicted octanol–water partition coefficient (Wildman–Crippen LogP) is 0.621. The van der Waals surface area contributed by atoms with Gasteiger partial charge in [0.15, 0.2) is 0 Å². The molecule has 0 saturated carbocycles. The van der Waals surface area contributed by atoms with Crippen molar-refractivity contribution in [3.05, 3.63) is 36.2 Å². The molecule has 4 heteroatoms. The van der Waals surface area contributed by atoms with Gasteiger partial charge in [0, 0.05) is 17.3 Å². The van der Waals surface area contributed by atoms with Crippen LogP contribution in [0.15, 0.2) is 24.9 Å². The van der Waals surface area contributed by atoms with Crippen molar-refractivity contribution in [1.82, 2.24) is 4.98 Å². The number of pyridine rings is 1. The summed E-state index contributed by atoms with van der Waals surface area (Å²) in [4.78, 5) is 4.20. The molecule has 0 saturated heterocycles. The molecule has 0 fully saturated rings. The number of hydrogen-bond donors (Lipinski definition) is 3. The highest BCUT2D eigenvalue weighted by Crippen LogP contribution is 2.22. The summed E-state index contributed by atoms with van der Waals surface area (Å²) in [6.45, 7) is 2.98. The van der Waals surface area contributed by atoms with Gasteiger partial charge in [0.2, 0.25) is 0 Å². The summed E-state index contributed by atoms with van der Waals surface area (Å²) in [6.07, 6.45) is 4.53. The molecular formula is C13H19NO3. The highest BCUT2D eigenvalue weighted by Gasteiger charge is 2.27. The summed E-state index contributed by atoms with van der Waals surface area (Å²) >= 11 is 0. The third-order valence-corrected chi connectivity index (χ3v) is 2.99. The third-order valence-electron chi connectivity index (χ3n) is 2.99. The molecule has 1 aromatic rings. The molecule has 0 atom stereocenters.